The first-order valence-electron chi connectivity index (χ1n) is 7.81. The molecule has 0 saturated heterocycles. The van der Waals surface area contributed by atoms with E-state index in [4.69, 9.17) is 4.74 Å². The van der Waals surface area contributed by atoms with E-state index >= 15 is 0 Å². The van der Waals surface area contributed by atoms with Crippen LogP contribution in [0.3, 0.4) is 0 Å². The summed E-state index contributed by atoms with van der Waals surface area (Å²) < 4.78 is 5.53. The van der Waals surface area contributed by atoms with Crippen LogP contribution in [0.1, 0.15) is 38.3 Å². The van der Waals surface area contributed by atoms with Crippen LogP contribution in [0, 0.1) is 6.92 Å². The van der Waals surface area contributed by atoms with Gasteiger partial charge in [-0.3, -0.25) is 0 Å². The smallest absolute Gasteiger partial charge is 0.191 e. The number of nitrogens with one attached hydrogen (secondary N) is 2. The van der Waals surface area contributed by atoms with Gasteiger partial charge in [0, 0.05) is 19.7 Å². The molecular weight excluding hydrogens is 262 g/mol. The lowest BCUT2D eigenvalue weighted by Gasteiger charge is -2.12. The minimum Gasteiger partial charge on any atom is -0.379 e. The molecule has 0 fully saturated rings. The number of nitrogens with zero attached hydrogens (tertiary/aromatic N) is 1. The zero-order chi connectivity index (χ0) is 15.5. The first-order chi connectivity index (χ1) is 10.1. The molecule has 0 aromatic heterocycles. The summed E-state index contributed by atoms with van der Waals surface area (Å²) in [6, 6.07) is 8.36. The molecule has 0 atom stereocenters. The van der Waals surface area contributed by atoms with E-state index < -0.39 is 0 Å². The summed E-state index contributed by atoms with van der Waals surface area (Å²) in [6.45, 7) is 11.5. The number of guanidine groups is 1. The van der Waals surface area contributed by atoms with Gasteiger partial charge in [0.05, 0.1) is 12.6 Å². The van der Waals surface area contributed by atoms with Crippen LogP contribution in [0.2, 0.25) is 0 Å². The predicted octanol–water partition coefficient (Wildman–Crippen LogP) is 2.87. The second-order valence-corrected chi connectivity index (χ2v) is 5.32. The summed E-state index contributed by atoms with van der Waals surface area (Å²) >= 11 is 0. The summed E-state index contributed by atoms with van der Waals surface area (Å²) in [5, 5.41) is 6.61. The lowest BCUT2D eigenvalue weighted by atomic mass is 10.1. The molecule has 1 rings (SSSR count). The molecule has 0 amide bonds. The maximum Gasteiger partial charge on any atom is 0.191 e. The molecule has 2 N–H and O–H groups in total. The molecule has 0 unspecified atom stereocenters. The van der Waals surface area contributed by atoms with Gasteiger partial charge in [-0.15, -0.1) is 0 Å². The third-order valence-electron chi connectivity index (χ3n) is 3.08. The van der Waals surface area contributed by atoms with Crippen LogP contribution in [0.25, 0.3) is 0 Å². The minimum atomic E-state index is 0.299. The van der Waals surface area contributed by atoms with Gasteiger partial charge >= 0.3 is 0 Å². The Morgan fingerprint density at radius 1 is 1.24 bits per heavy atom. The molecule has 0 spiro atoms. The third kappa shape index (κ3) is 7.71. The largest absolute Gasteiger partial charge is 0.379 e. The van der Waals surface area contributed by atoms with E-state index in [-0.39, 0.29) is 0 Å². The molecule has 1 aromatic carbocycles. The Bertz CT molecular complexity index is 430. The molecule has 118 valence electrons. The number of hydrogen-bond acceptors (Lipinski definition) is 2. The Morgan fingerprint density at radius 2 is 2.00 bits per heavy atom. The molecule has 0 aliphatic carbocycles. The van der Waals surface area contributed by atoms with E-state index in [0.29, 0.717) is 12.6 Å². The quantitative estimate of drug-likeness (QED) is 0.440. The second kappa shape index (κ2) is 10.2. The van der Waals surface area contributed by atoms with Gasteiger partial charge in [-0.25, -0.2) is 4.99 Å². The molecule has 0 bridgehead atoms. The molecule has 1 aromatic rings. The number of aliphatic imine (C=N–C) groups is 1. The van der Waals surface area contributed by atoms with Gasteiger partial charge in [-0.1, -0.05) is 24.3 Å². The standard InChI is InChI=1S/C17H29N3O/c1-5-18-17(19-11-8-12-21-14(2)3)20-13-16-10-7-6-9-15(16)4/h6-7,9-10,14H,5,8,11-13H2,1-4H3,(H2,18,19,20). The van der Waals surface area contributed by atoms with Gasteiger partial charge in [-0.05, 0) is 45.2 Å². The number of aryl methyl sites for hydroxylation is 1. The van der Waals surface area contributed by atoms with Crippen molar-refractivity contribution in [3.8, 4) is 0 Å². The van der Waals surface area contributed by atoms with Crippen LogP contribution in [0.15, 0.2) is 29.3 Å². The summed E-state index contributed by atoms with van der Waals surface area (Å²) in [4.78, 5) is 4.63. The normalized spacial score (nSPS) is 11.8. The summed E-state index contributed by atoms with van der Waals surface area (Å²) in [6.07, 6.45) is 1.28. The Hall–Kier alpha value is -1.55. The maximum absolute atomic E-state index is 5.53. The van der Waals surface area contributed by atoms with Crippen molar-refractivity contribution in [2.45, 2.75) is 46.8 Å². The topological polar surface area (TPSA) is 45.7 Å². The molecule has 0 aliphatic rings. The van der Waals surface area contributed by atoms with E-state index in [2.05, 4.69) is 67.6 Å². The molecule has 21 heavy (non-hydrogen) atoms. The molecule has 0 heterocycles. The fourth-order valence-corrected chi connectivity index (χ4v) is 1.89. The van der Waals surface area contributed by atoms with Crippen molar-refractivity contribution < 1.29 is 4.74 Å². The molecular formula is C17H29N3O. The van der Waals surface area contributed by atoms with E-state index in [1.807, 2.05) is 0 Å². The van der Waals surface area contributed by atoms with Crippen molar-refractivity contribution in [1.29, 1.82) is 0 Å². The molecule has 0 aliphatic heterocycles. The van der Waals surface area contributed by atoms with E-state index in [0.717, 1.165) is 32.1 Å². The number of rotatable bonds is 8. The zero-order valence-electron chi connectivity index (χ0n) is 13.8. The Balaban J connectivity index is 2.41. The van der Waals surface area contributed by atoms with Crippen LogP contribution in [0.5, 0.6) is 0 Å². The predicted molar refractivity (Wildman–Crippen MR) is 89.7 cm³/mol. The molecule has 4 nitrogen and oxygen atoms in total. The second-order valence-electron chi connectivity index (χ2n) is 5.32. The van der Waals surface area contributed by atoms with Crippen LogP contribution < -0.4 is 10.6 Å². The molecule has 4 heteroatoms. The minimum absolute atomic E-state index is 0.299. The lowest BCUT2D eigenvalue weighted by molar-refractivity contribution is 0.0776. The van der Waals surface area contributed by atoms with Crippen LogP contribution in [0.4, 0.5) is 0 Å². The molecule has 0 saturated carbocycles. The average Bonchev–Trinajstić information content (AvgIpc) is 2.45. The zero-order valence-corrected chi connectivity index (χ0v) is 13.8. The van der Waals surface area contributed by atoms with Crippen molar-refractivity contribution in [2.75, 3.05) is 19.7 Å². The summed E-state index contributed by atoms with van der Waals surface area (Å²) in [5.41, 5.74) is 2.54. The van der Waals surface area contributed by atoms with Gasteiger partial charge < -0.3 is 15.4 Å². The highest BCUT2D eigenvalue weighted by Crippen LogP contribution is 2.07. The Morgan fingerprint density at radius 3 is 2.67 bits per heavy atom. The van der Waals surface area contributed by atoms with Crippen molar-refractivity contribution in [2.24, 2.45) is 4.99 Å². The highest BCUT2D eigenvalue weighted by molar-refractivity contribution is 5.79. The lowest BCUT2D eigenvalue weighted by Crippen LogP contribution is -2.38. The Kier molecular flexibility index (Phi) is 8.51. The number of hydrogen-bond donors (Lipinski definition) is 2. The van der Waals surface area contributed by atoms with Crippen molar-refractivity contribution >= 4 is 5.96 Å². The fraction of sp³-hybridized carbons (Fsp3) is 0.588. The average molecular weight is 291 g/mol. The molecule has 0 radical (unpaired) electrons. The van der Waals surface area contributed by atoms with Gasteiger partial charge in [0.25, 0.3) is 0 Å². The van der Waals surface area contributed by atoms with Crippen molar-refractivity contribution in [3.63, 3.8) is 0 Å². The SMILES string of the molecule is CCNC(=NCc1ccccc1C)NCCCOC(C)C. The summed E-state index contributed by atoms with van der Waals surface area (Å²) in [5.74, 6) is 0.866. The highest BCUT2D eigenvalue weighted by Gasteiger charge is 1.99. The van der Waals surface area contributed by atoms with Crippen molar-refractivity contribution in [1.82, 2.24) is 10.6 Å². The first-order valence-corrected chi connectivity index (χ1v) is 7.81. The fourth-order valence-electron chi connectivity index (χ4n) is 1.89. The first kappa shape index (κ1) is 17.5. The van der Waals surface area contributed by atoms with Crippen LogP contribution in [-0.2, 0) is 11.3 Å². The maximum atomic E-state index is 5.53. The van der Waals surface area contributed by atoms with Gasteiger partial charge in [-0.2, -0.15) is 0 Å². The van der Waals surface area contributed by atoms with E-state index in [1.165, 1.54) is 11.1 Å². The van der Waals surface area contributed by atoms with Gasteiger partial charge in [0.2, 0.25) is 0 Å². The van der Waals surface area contributed by atoms with E-state index in [1.54, 1.807) is 0 Å². The summed E-state index contributed by atoms with van der Waals surface area (Å²) in [7, 11) is 0. The third-order valence-corrected chi connectivity index (χ3v) is 3.08. The van der Waals surface area contributed by atoms with Crippen LogP contribution in [-0.4, -0.2) is 31.8 Å². The van der Waals surface area contributed by atoms with Crippen molar-refractivity contribution in [3.05, 3.63) is 35.4 Å². The highest BCUT2D eigenvalue weighted by atomic mass is 16.5. The van der Waals surface area contributed by atoms with Gasteiger partial charge in [0.1, 0.15) is 0 Å². The van der Waals surface area contributed by atoms with Gasteiger partial charge in [0.15, 0.2) is 5.96 Å². The van der Waals surface area contributed by atoms with E-state index in [9.17, 15) is 0 Å². The number of benzene rings is 1. The number of ether oxygens (including phenoxy) is 1. The van der Waals surface area contributed by atoms with Crippen LogP contribution >= 0.6 is 0 Å². The monoisotopic (exact) mass is 291 g/mol. The Labute approximate surface area is 129 Å².